The van der Waals surface area contributed by atoms with E-state index in [4.69, 9.17) is 11.6 Å². The quantitative estimate of drug-likeness (QED) is 0.582. The maximum atomic E-state index is 10.7. The van der Waals surface area contributed by atoms with Crippen LogP contribution in [0.1, 0.15) is 46.0 Å². The normalized spacial score (nSPS) is 36.8. The lowest BCUT2D eigenvalue weighted by Gasteiger charge is -2.43. The second kappa shape index (κ2) is 6.30. The van der Waals surface area contributed by atoms with Gasteiger partial charge in [0.05, 0.1) is 17.1 Å². The second-order valence-electron chi connectivity index (χ2n) is 5.99. The third kappa shape index (κ3) is 4.32. The maximum absolute atomic E-state index is 10.7. The number of aliphatic hydroxyl groups is 2. The van der Waals surface area contributed by atoms with Crippen molar-refractivity contribution in [1.29, 1.82) is 0 Å². The van der Waals surface area contributed by atoms with E-state index in [1.54, 1.807) is 6.92 Å². The molecule has 0 aromatic heterocycles. The second-order valence-corrected chi connectivity index (χ2v) is 8.32. The smallest absolute Gasteiger partial charge is 0.0869 e. The van der Waals surface area contributed by atoms with E-state index in [0.717, 1.165) is 17.6 Å². The van der Waals surface area contributed by atoms with Gasteiger partial charge in [-0.2, -0.15) is 0 Å². The molecule has 110 valence electrons. The summed E-state index contributed by atoms with van der Waals surface area (Å²) in [5.74, 6) is 0. The molecule has 1 saturated carbocycles. The highest BCUT2D eigenvalue weighted by Crippen LogP contribution is 2.46. The fourth-order valence-corrected chi connectivity index (χ4v) is 3.05. The number of aliphatic hydroxyl groups excluding tert-OH is 1. The molecule has 2 N–H and O–H groups in total. The molecule has 0 amide bonds. The van der Waals surface area contributed by atoms with Crippen molar-refractivity contribution in [2.75, 3.05) is 0 Å². The van der Waals surface area contributed by atoms with Crippen molar-refractivity contribution in [3.8, 4) is 0 Å². The van der Waals surface area contributed by atoms with Crippen molar-refractivity contribution in [3.05, 3.63) is 24.3 Å². The minimum Gasteiger partial charge on any atom is -0.389 e. The molecule has 0 saturated heterocycles. The molecule has 0 bridgehead atoms. The Kier molecular flexibility index (Phi) is 5.71. The number of hydrogen-bond acceptors (Lipinski definition) is 2. The molecular weight excluding hydrogens is 328 g/mol. The third-order valence-electron chi connectivity index (χ3n) is 4.14. The summed E-state index contributed by atoms with van der Waals surface area (Å²) in [5, 5.41) is 20.3. The molecule has 1 rings (SSSR count). The lowest BCUT2D eigenvalue weighted by molar-refractivity contribution is 0.0306. The van der Waals surface area contributed by atoms with Gasteiger partial charge in [0, 0.05) is 4.32 Å². The SMILES string of the molecule is C=C(C)C(O)CCC(=C)[C@]1(O)CC[C@@](C)(Br)[C@H](Cl)C1. The van der Waals surface area contributed by atoms with Crippen molar-refractivity contribution in [1.82, 2.24) is 0 Å². The van der Waals surface area contributed by atoms with Gasteiger partial charge in [-0.25, -0.2) is 0 Å². The molecule has 2 nitrogen and oxygen atoms in total. The fraction of sp³-hybridized carbons (Fsp3) is 0.733. The van der Waals surface area contributed by atoms with Crippen LogP contribution in [0.4, 0.5) is 0 Å². The molecule has 4 heteroatoms. The summed E-state index contributed by atoms with van der Waals surface area (Å²) in [4.78, 5) is 0. The maximum Gasteiger partial charge on any atom is 0.0869 e. The largest absolute Gasteiger partial charge is 0.389 e. The van der Waals surface area contributed by atoms with Gasteiger partial charge in [-0.1, -0.05) is 34.7 Å². The van der Waals surface area contributed by atoms with Crippen molar-refractivity contribution in [3.63, 3.8) is 0 Å². The molecule has 1 unspecified atom stereocenters. The van der Waals surface area contributed by atoms with Crippen LogP contribution in [0.15, 0.2) is 24.3 Å². The summed E-state index contributed by atoms with van der Waals surface area (Å²) in [6.07, 6.45) is 2.57. The Morgan fingerprint density at radius 2 is 2.05 bits per heavy atom. The predicted molar refractivity (Wildman–Crippen MR) is 85.0 cm³/mol. The van der Waals surface area contributed by atoms with E-state index >= 15 is 0 Å². The standard InChI is InChI=1S/C15H24BrClO2/c1-10(2)12(18)6-5-11(3)15(19)8-7-14(4,16)13(17)9-15/h12-13,18-19H,1,3,5-9H2,2,4H3/t12?,13-,14-,15+/m1/s1. The zero-order chi connectivity index (χ0) is 14.8. The molecule has 0 heterocycles. The third-order valence-corrected chi connectivity index (χ3v) is 5.99. The molecule has 0 aliphatic heterocycles. The number of alkyl halides is 2. The van der Waals surface area contributed by atoms with Crippen LogP contribution in [0.3, 0.4) is 0 Å². The van der Waals surface area contributed by atoms with Crippen LogP contribution in [0, 0.1) is 0 Å². The predicted octanol–water partition coefficient (Wildman–Crippen LogP) is 3.94. The highest BCUT2D eigenvalue weighted by Gasteiger charge is 2.45. The Labute approximate surface area is 129 Å². The monoisotopic (exact) mass is 350 g/mol. The molecule has 0 radical (unpaired) electrons. The van der Waals surface area contributed by atoms with Crippen LogP contribution in [0.25, 0.3) is 0 Å². The van der Waals surface area contributed by atoms with Gasteiger partial charge in [-0.3, -0.25) is 0 Å². The van der Waals surface area contributed by atoms with E-state index in [9.17, 15) is 10.2 Å². The molecule has 4 atom stereocenters. The Morgan fingerprint density at radius 3 is 2.53 bits per heavy atom. The minimum absolute atomic E-state index is 0.127. The first-order valence-corrected chi connectivity index (χ1v) is 7.88. The van der Waals surface area contributed by atoms with Crippen molar-refractivity contribution in [2.24, 2.45) is 0 Å². The summed E-state index contributed by atoms with van der Waals surface area (Å²) in [6, 6.07) is 0. The first-order chi connectivity index (χ1) is 8.58. The minimum atomic E-state index is -0.908. The number of halogens is 2. The van der Waals surface area contributed by atoms with E-state index in [1.165, 1.54) is 0 Å². The van der Waals surface area contributed by atoms with Gasteiger partial charge in [0.1, 0.15) is 0 Å². The Hall–Kier alpha value is 0.170. The van der Waals surface area contributed by atoms with E-state index in [0.29, 0.717) is 25.7 Å². The van der Waals surface area contributed by atoms with Gasteiger partial charge in [-0.05, 0) is 51.5 Å². The van der Waals surface area contributed by atoms with E-state index in [-0.39, 0.29) is 9.70 Å². The summed E-state index contributed by atoms with van der Waals surface area (Å²) in [6.45, 7) is 11.6. The first kappa shape index (κ1) is 17.2. The van der Waals surface area contributed by atoms with Gasteiger partial charge in [0.25, 0.3) is 0 Å². The average molecular weight is 352 g/mol. The molecule has 0 aromatic carbocycles. The summed E-state index contributed by atoms with van der Waals surface area (Å²) in [5.41, 5.74) is 0.599. The van der Waals surface area contributed by atoms with Crippen molar-refractivity contribution in [2.45, 2.75) is 67.4 Å². The summed E-state index contributed by atoms with van der Waals surface area (Å²) >= 11 is 9.95. The molecule has 1 aliphatic carbocycles. The summed E-state index contributed by atoms with van der Waals surface area (Å²) in [7, 11) is 0. The van der Waals surface area contributed by atoms with Crippen molar-refractivity contribution >= 4 is 27.5 Å². The van der Waals surface area contributed by atoms with Gasteiger partial charge < -0.3 is 10.2 Å². The Balaban J connectivity index is 2.59. The van der Waals surface area contributed by atoms with Crippen LogP contribution in [-0.4, -0.2) is 31.6 Å². The molecule has 0 spiro atoms. The molecule has 1 fully saturated rings. The molecule has 0 aromatic rings. The zero-order valence-corrected chi connectivity index (χ0v) is 14.1. The van der Waals surface area contributed by atoms with Gasteiger partial charge in [-0.15, -0.1) is 11.6 Å². The highest BCUT2D eigenvalue weighted by molar-refractivity contribution is 9.10. The zero-order valence-electron chi connectivity index (χ0n) is 11.8. The molecular formula is C15H24BrClO2. The van der Waals surface area contributed by atoms with E-state index in [2.05, 4.69) is 36.0 Å². The van der Waals surface area contributed by atoms with Crippen LogP contribution < -0.4 is 0 Å². The number of hydrogen-bond donors (Lipinski definition) is 2. The highest BCUT2D eigenvalue weighted by atomic mass is 79.9. The average Bonchev–Trinajstić information content (AvgIpc) is 2.31. The van der Waals surface area contributed by atoms with E-state index in [1.807, 2.05) is 0 Å². The first-order valence-electron chi connectivity index (χ1n) is 6.65. The molecule has 19 heavy (non-hydrogen) atoms. The Morgan fingerprint density at radius 1 is 1.47 bits per heavy atom. The van der Waals surface area contributed by atoms with Gasteiger partial charge in [0.2, 0.25) is 0 Å². The van der Waals surface area contributed by atoms with Crippen LogP contribution >= 0.6 is 27.5 Å². The van der Waals surface area contributed by atoms with Gasteiger partial charge >= 0.3 is 0 Å². The lowest BCUT2D eigenvalue weighted by atomic mass is 9.74. The van der Waals surface area contributed by atoms with E-state index < -0.39 is 11.7 Å². The van der Waals surface area contributed by atoms with Crippen molar-refractivity contribution < 1.29 is 10.2 Å². The number of rotatable bonds is 5. The molecule has 1 aliphatic rings. The van der Waals surface area contributed by atoms with Crippen LogP contribution in [0.2, 0.25) is 0 Å². The lowest BCUT2D eigenvalue weighted by Crippen LogP contribution is -2.46. The summed E-state index contributed by atoms with van der Waals surface area (Å²) < 4.78 is -0.127. The van der Waals surface area contributed by atoms with Crippen LogP contribution in [-0.2, 0) is 0 Å². The van der Waals surface area contributed by atoms with Crippen LogP contribution in [0.5, 0.6) is 0 Å². The fourth-order valence-electron chi connectivity index (χ4n) is 2.33. The Bertz CT molecular complexity index is 367. The topological polar surface area (TPSA) is 40.5 Å². The van der Waals surface area contributed by atoms with Gasteiger partial charge in [0.15, 0.2) is 0 Å².